The maximum atomic E-state index is 11.8. The summed E-state index contributed by atoms with van der Waals surface area (Å²) in [6.07, 6.45) is 10.4. The number of unbranched alkanes of at least 4 members (excludes halogenated alkanes) is 2. The van der Waals surface area contributed by atoms with Gasteiger partial charge in [0.2, 0.25) is 5.91 Å². The SMILES string of the molecule is Nc1ccc(NC(=O)CCCCCNC(=O)NC2CCCCC2)cn1. The third-order valence-electron chi connectivity index (χ3n) is 4.38. The molecule has 7 nitrogen and oxygen atoms in total. The molecule has 0 spiro atoms. The number of nitrogens with zero attached hydrogens (tertiary/aromatic N) is 1. The maximum Gasteiger partial charge on any atom is 0.315 e. The Morgan fingerprint density at radius 1 is 1.12 bits per heavy atom. The van der Waals surface area contributed by atoms with Crippen LogP contribution in [0.25, 0.3) is 0 Å². The summed E-state index contributed by atoms with van der Waals surface area (Å²) in [4.78, 5) is 27.5. The van der Waals surface area contributed by atoms with Gasteiger partial charge in [0.15, 0.2) is 0 Å². The molecule has 138 valence electrons. The van der Waals surface area contributed by atoms with Gasteiger partial charge in [0.05, 0.1) is 11.9 Å². The molecule has 25 heavy (non-hydrogen) atoms. The zero-order valence-corrected chi connectivity index (χ0v) is 14.7. The Morgan fingerprint density at radius 2 is 1.92 bits per heavy atom. The number of nitrogens with two attached hydrogens (primary N) is 1. The van der Waals surface area contributed by atoms with E-state index in [0.717, 1.165) is 32.1 Å². The van der Waals surface area contributed by atoms with Crippen LogP contribution < -0.4 is 21.7 Å². The van der Waals surface area contributed by atoms with Gasteiger partial charge in [0, 0.05) is 19.0 Å². The van der Waals surface area contributed by atoms with Crippen molar-refractivity contribution in [2.75, 3.05) is 17.6 Å². The molecule has 1 saturated carbocycles. The molecular weight excluding hydrogens is 318 g/mol. The molecule has 1 heterocycles. The maximum absolute atomic E-state index is 11.8. The van der Waals surface area contributed by atoms with Gasteiger partial charge in [-0.1, -0.05) is 25.7 Å². The molecule has 5 N–H and O–H groups in total. The summed E-state index contributed by atoms with van der Waals surface area (Å²) < 4.78 is 0. The van der Waals surface area contributed by atoms with Crippen molar-refractivity contribution in [1.29, 1.82) is 0 Å². The van der Waals surface area contributed by atoms with Gasteiger partial charge >= 0.3 is 6.03 Å². The van der Waals surface area contributed by atoms with Crippen LogP contribution in [0.1, 0.15) is 57.8 Å². The standard InChI is InChI=1S/C18H29N5O2/c19-16-11-10-15(13-21-16)22-17(24)9-5-2-6-12-20-18(25)23-14-7-3-1-4-8-14/h10-11,13-14H,1-9,12H2,(H2,19,21)(H,22,24)(H2,20,23,25). The Kier molecular flexibility index (Phi) is 8.01. The predicted octanol–water partition coefficient (Wildman–Crippen LogP) is 2.79. The van der Waals surface area contributed by atoms with E-state index in [1.54, 1.807) is 18.3 Å². The van der Waals surface area contributed by atoms with Crippen LogP contribution in [-0.2, 0) is 4.79 Å². The Balaban J connectivity index is 1.47. The molecule has 3 amide bonds. The lowest BCUT2D eigenvalue weighted by Gasteiger charge is -2.22. The average Bonchev–Trinajstić information content (AvgIpc) is 2.61. The van der Waals surface area contributed by atoms with E-state index in [-0.39, 0.29) is 11.9 Å². The van der Waals surface area contributed by atoms with E-state index in [2.05, 4.69) is 20.9 Å². The number of nitrogen functional groups attached to an aromatic ring is 1. The second-order valence-corrected chi connectivity index (χ2v) is 6.57. The highest BCUT2D eigenvalue weighted by Gasteiger charge is 2.14. The van der Waals surface area contributed by atoms with Crippen LogP contribution in [0.5, 0.6) is 0 Å². The van der Waals surface area contributed by atoms with Crippen molar-refractivity contribution in [1.82, 2.24) is 15.6 Å². The fourth-order valence-electron chi connectivity index (χ4n) is 2.98. The van der Waals surface area contributed by atoms with Gasteiger partial charge in [-0.05, 0) is 37.8 Å². The highest BCUT2D eigenvalue weighted by Crippen LogP contribution is 2.17. The minimum absolute atomic E-state index is 0.0328. The summed E-state index contributed by atoms with van der Waals surface area (Å²) in [5.74, 6) is 0.396. The van der Waals surface area contributed by atoms with Crippen molar-refractivity contribution in [2.45, 2.75) is 63.8 Å². The fraction of sp³-hybridized carbons (Fsp3) is 0.611. The van der Waals surface area contributed by atoms with Gasteiger partial charge in [-0.2, -0.15) is 0 Å². The topological polar surface area (TPSA) is 109 Å². The second-order valence-electron chi connectivity index (χ2n) is 6.57. The van der Waals surface area contributed by atoms with Crippen molar-refractivity contribution in [2.24, 2.45) is 0 Å². The number of rotatable bonds is 8. The molecule has 1 fully saturated rings. The van der Waals surface area contributed by atoms with Gasteiger partial charge in [-0.3, -0.25) is 4.79 Å². The molecule has 1 aliphatic carbocycles. The first-order chi connectivity index (χ1) is 12.1. The minimum Gasteiger partial charge on any atom is -0.384 e. The lowest BCUT2D eigenvalue weighted by atomic mass is 9.96. The number of urea groups is 1. The third-order valence-corrected chi connectivity index (χ3v) is 4.38. The second kappa shape index (κ2) is 10.5. The smallest absolute Gasteiger partial charge is 0.315 e. The van der Waals surface area contributed by atoms with Crippen LogP contribution in [0, 0.1) is 0 Å². The van der Waals surface area contributed by atoms with E-state index in [4.69, 9.17) is 5.73 Å². The average molecular weight is 347 g/mol. The molecule has 1 aliphatic rings. The molecule has 1 aromatic heterocycles. The third kappa shape index (κ3) is 7.87. The first-order valence-electron chi connectivity index (χ1n) is 9.19. The van der Waals surface area contributed by atoms with Gasteiger partial charge in [-0.25, -0.2) is 9.78 Å². The van der Waals surface area contributed by atoms with Gasteiger partial charge in [-0.15, -0.1) is 0 Å². The number of nitrogens with one attached hydrogen (secondary N) is 3. The van der Waals surface area contributed by atoms with Crippen molar-refractivity contribution < 1.29 is 9.59 Å². The summed E-state index contributed by atoms with van der Waals surface area (Å²) in [5.41, 5.74) is 6.15. The predicted molar refractivity (Wildman–Crippen MR) is 99.2 cm³/mol. The number of amides is 3. The van der Waals surface area contributed by atoms with E-state index < -0.39 is 0 Å². The van der Waals surface area contributed by atoms with E-state index >= 15 is 0 Å². The van der Waals surface area contributed by atoms with Crippen LogP contribution in [0.2, 0.25) is 0 Å². The molecule has 0 unspecified atom stereocenters. The van der Waals surface area contributed by atoms with Gasteiger partial charge in [0.1, 0.15) is 5.82 Å². The minimum atomic E-state index is -0.0690. The summed E-state index contributed by atoms with van der Waals surface area (Å²) >= 11 is 0. The summed E-state index contributed by atoms with van der Waals surface area (Å²) in [6.45, 7) is 0.641. The fourth-order valence-corrected chi connectivity index (χ4v) is 2.98. The van der Waals surface area contributed by atoms with Gasteiger partial charge in [0.25, 0.3) is 0 Å². The monoisotopic (exact) mass is 347 g/mol. The molecule has 0 radical (unpaired) electrons. The summed E-state index contributed by atoms with van der Waals surface area (Å²) in [7, 11) is 0. The van der Waals surface area contributed by atoms with E-state index in [9.17, 15) is 9.59 Å². The van der Waals surface area contributed by atoms with Crippen molar-refractivity contribution in [3.8, 4) is 0 Å². The first kappa shape index (κ1) is 19.0. The van der Waals surface area contributed by atoms with Crippen molar-refractivity contribution in [3.05, 3.63) is 18.3 Å². The lowest BCUT2D eigenvalue weighted by Crippen LogP contribution is -2.43. The van der Waals surface area contributed by atoms with Gasteiger partial charge < -0.3 is 21.7 Å². The lowest BCUT2D eigenvalue weighted by molar-refractivity contribution is -0.116. The van der Waals surface area contributed by atoms with E-state index in [0.29, 0.717) is 30.5 Å². The van der Waals surface area contributed by atoms with Crippen molar-refractivity contribution >= 4 is 23.4 Å². The molecule has 0 aliphatic heterocycles. The van der Waals surface area contributed by atoms with Crippen LogP contribution in [0.3, 0.4) is 0 Å². The number of pyridine rings is 1. The Morgan fingerprint density at radius 3 is 2.64 bits per heavy atom. The quantitative estimate of drug-likeness (QED) is 0.542. The number of aromatic nitrogens is 1. The molecule has 2 rings (SSSR count). The number of hydrogen-bond donors (Lipinski definition) is 4. The van der Waals surface area contributed by atoms with E-state index in [1.165, 1.54) is 19.3 Å². The Bertz CT molecular complexity index is 541. The number of anilines is 2. The van der Waals surface area contributed by atoms with Crippen LogP contribution >= 0.6 is 0 Å². The molecule has 0 atom stereocenters. The number of carbonyl (C=O) groups excluding carboxylic acids is 2. The molecule has 0 bridgehead atoms. The molecule has 0 aromatic carbocycles. The number of hydrogen-bond acceptors (Lipinski definition) is 4. The van der Waals surface area contributed by atoms with Crippen LogP contribution in [-0.4, -0.2) is 29.5 Å². The summed E-state index contributed by atoms with van der Waals surface area (Å²) in [6, 6.07) is 3.65. The molecule has 0 saturated heterocycles. The van der Waals surface area contributed by atoms with E-state index in [1.807, 2.05) is 0 Å². The highest BCUT2D eigenvalue weighted by atomic mass is 16.2. The normalized spacial score (nSPS) is 14.7. The molecule has 1 aromatic rings. The zero-order chi connectivity index (χ0) is 17.9. The first-order valence-corrected chi connectivity index (χ1v) is 9.19. The Labute approximate surface area is 149 Å². The van der Waals surface area contributed by atoms with Crippen molar-refractivity contribution in [3.63, 3.8) is 0 Å². The number of carbonyl (C=O) groups is 2. The summed E-state index contributed by atoms with van der Waals surface area (Å²) in [5, 5.41) is 8.71. The molecule has 7 heteroatoms. The Hall–Kier alpha value is -2.31. The van der Waals surface area contributed by atoms with Crippen LogP contribution in [0.15, 0.2) is 18.3 Å². The largest absolute Gasteiger partial charge is 0.384 e. The molecular formula is C18H29N5O2. The zero-order valence-electron chi connectivity index (χ0n) is 14.7. The van der Waals surface area contributed by atoms with Crippen LogP contribution in [0.4, 0.5) is 16.3 Å². The highest BCUT2D eigenvalue weighted by molar-refractivity contribution is 5.90.